The molecule has 0 saturated heterocycles. The summed E-state index contributed by atoms with van der Waals surface area (Å²) < 4.78 is 43.9. The number of ether oxygens (including phenoxy) is 1. The van der Waals surface area contributed by atoms with Crippen LogP contribution in [0.3, 0.4) is 0 Å². The van der Waals surface area contributed by atoms with Crippen LogP contribution in [0.5, 0.6) is 0 Å². The Morgan fingerprint density at radius 3 is 2.39 bits per heavy atom. The second-order valence-electron chi connectivity index (χ2n) is 5.97. The highest BCUT2D eigenvalue weighted by atomic mass is 32.2. The fourth-order valence-electron chi connectivity index (χ4n) is 2.40. The predicted molar refractivity (Wildman–Crippen MR) is 105 cm³/mol. The molecule has 2 aromatic rings. The number of anilines is 1. The number of rotatable bonds is 7. The Morgan fingerprint density at radius 2 is 1.82 bits per heavy atom. The number of thiophene rings is 1. The summed E-state index contributed by atoms with van der Waals surface area (Å²) in [5, 5.41) is 2.90. The van der Waals surface area contributed by atoms with Crippen LogP contribution in [0, 0.1) is 19.7 Å². The number of benzene rings is 1. The van der Waals surface area contributed by atoms with Gasteiger partial charge < -0.3 is 10.1 Å². The van der Waals surface area contributed by atoms with E-state index in [1.54, 1.807) is 13.8 Å². The van der Waals surface area contributed by atoms with E-state index in [1.807, 2.05) is 6.92 Å². The Balaban J connectivity index is 2.17. The molecular weight excluding hydrogens is 407 g/mol. The van der Waals surface area contributed by atoms with Gasteiger partial charge in [0.15, 0.2) is 0 Å². The van der Waals surface area contributed by atoms with Gasteiger partial charge in [-0.15, -0.1) is 11.3 Å². The second-order valence-corrected chi connectivity index (χ2v) is 9.24. The van der Waals surface area contributed by atoms with Crippen molar-refractivity contribution in [2.75, 3.05) is 25.5 Å². The summed E-state index contributed by atoms with van der Waals surface area (Å²) in [6.07, 6.45) is 0. The first-order chi connectivity index (χ1) is 13.1. The largest absolute Gasteiger partial charge is 0.462 e. The van der Waals surface area contributed by atoms with Gasteiger partial charge in [0.25, 0.3) is 0 Å². The van der Waals surface area contributed by atoms with E-state index in [2.05, 4.69) is 5.32 Å². The minimum Gasteiger partial charge on any atom is -0.462 e. The summed E-state index contributed by atoms with van der Waals surface area (Å²) >= 11 is 1.21. The standard InChI is InChI=1S/C18H21FN2O5S2/c1-5-26-18(23)16-11(2)12(3)27-17(16)20-15(22)10-21(4)28(24,25)14-8-6-13(19)7-9-14/h6-9H,5,10H2,1-4H3,(H,20,22). The van der Waals surface area contributed by atoms with Gasteiger partial charge in [0.2, 0.25) is 15.9 Å². The van der Waals surface area contributed by atoms with Crippen LogP contribution in [0.4, 0.5) is 9.39 Å². The van der Waals surface area contributed by atoms with Crippen LogP contribution in [0.15, 0.2) is 29.2 Å². The van der Waals surface area contributed by atoms with Gasteiger partial charge in [-0.05, 0) is 50.6 Å². The topological polar surface area (TPSA) is 92.8 Å². The monoisotopic (exact) mass is 428 g/mol. The van der Waals surface area contributed by atoms with E-state index in [9.17, 15) is 22.4 Å². The van der Waals surface area contributed by atoms with Crippen LogP contribution in [0.25, 0.3) is 0 Å². The van der Waals surface area contributed by atoms with Gasteiger partial charge >= 0.3 is 5.97 Å². The van der Waals surface area contributed by atoms with Crippen molar-refractivity contribution in [1.82, 2.24) is 4.31 Å². The van der Waals surface area contributed by atoms with E-state index in [1.165, 1.54) is 18.4 Å². The molecule has 1 heterocycles. The summed E-state index contributed by atoms with van der Waals surface area (Å²) in [5.74, 6) is -1.72. The molecule has 1 N–H and O–H groups in total. The molecule has 7 nitrogen and oxygen atoms in total. The Labute approximate surface area is 167 Å². The molecule has 28 heavy (non-hydrogen) atoms. The number of nitrogens with zero attached hydrogens (tertiary/aromatic N) is 1. The highest BCUT2D eigenvalue weighted by Gasteiger charge is 2.26. The van der Waals surface area contributed by atoms with E-state index in [0.717, 1.165) is 33.4 Å². The Morgan fingerprint density at radius 1 is 1.21 bits per heavy atom. The molecule has 2 rings (SSSR count). The SMILES string of the molecule is CCOC(=O)c1c(NC(=O)CN(C)S(=O)(=O)c2ccc(F)cc2)sc(C)c1C. The Kier molecular flexibility index (Phi) is 6.91. The van der Waals surface area contributed by atoms with E-state index in [4.69, 9.17) is 4.74 Å². The number of halogens is 1. The third kappa shape index (κ3) is 4.75. The molecule has 0 radical (unpaired) electrons. The smallest absolute Gasteiger partial charge is 0.341 e. The molecule has 0 atom stereocenters. The van der Waals surface area contributed by atoms with E-state index >= 15 is 0 Å². The lowest BCUT2D eigenvalue weighted by atomic mass is 10.1. The lowest BCUT2D eigenvalue weighted by molar-refractivity contribution is -0.116. The van der Waals surface area contributed by atoms with Crippen LogP contribution < -0.4 is 5.32 Å². The van der Waals surface area contributed by atoms with Crippen LogP contribution in [-0.4, -0.2) is 44.8 Å². The minimum absolute atomic E-state index is 0.126. The van der Waals surface area contributed by atoms with Gasteiger partial charge in [0.05, 0.1) is 23.6 Å². The zero-order valence-corrected chi connectivity index (χ0v) is 17.5. The molecule has 0 spiro atoms. The number of aryl methyl sites for hydroxylation is 1. The zero-order valence-electron chi connectivity index (χ0n) is 15.9. The lowest BCUT2D eigenvalue weighted by Crippen LogP contribution is -2.35. The van der Waals surface area contributed by atoms with Crippen molar-refractivity contribution < 1.29 is 27.1 Å². The first-order valence-electron chi connectivity index (χ1n) is 8.36. The first-order valence-corrected chi connectivity index (χ1v) is 10.6. The first kappa shape index (κ1) is 22.0. The molecule has 152 valence electrons. The normalized spacial score (nSPS) is 11.5. The molecule has 0 aliphatic rings. The average Bonchev–Trinajstić information content (AvgIpc) is 2.89. The van der Waals surface area contributed by atoms with Gasteiger partial charge in [-0.2, -0.15) is 4.31 Å². The third-order valence-electron chi connectivity index (χ3n) is 4.01. The average molecular weight is 429 g/mol. The fraction of sp³-hybridized carbons (Fsp3) is 0.333. The van der Waals surface area contributed by atoms with Gasteiger partial charge in [0.1, 0.15) is 10.8 Å². The summed E-state index contributed by atoms with van der Waals surface area (Å²) in [5.41, 5.74) is 0.966. The maximum atomic E-state index is 13.0. The maximum Gasteiger partial charge on any atom is 0.341 e. The Hall–Kier alpha value is -2.30. The van der Waals surface area contributed by atoms with E-state index in [0.29, 0.717) is 10.6 Å². The van der Waals surface area contributed by atoms with Gasteiger partial charge in [-0.3, -0.25) is 4.79 Å². The molecule has 0 aliphatic carbocycles. The number of amides is 1. The molecule has 1 amide bonds. The van der Waals surface area contributed by atoms with Crippen molar-refractivity contribution in [2.45, 2.75) is 25.7 Å². The van der Waals surface area contributed by atoms with Crippen LogP contribution in [-0.2, 0) is 19.6 Å². The van der Waals surface area contributed by atoms with Crippen LogP contribution >= 0.6 is 11.3 Å². The summed E-state index contributed by atoms with van der Waals surface area (Å²) in [6, 6.07) is 4.32. The lowest BCUT2D eigenvalue weighted by Gasteiger charge is -2.17. The number of nitrogens with one attached hydrogen (secondary N) is 1. The zero-order chi connectivity index (χ0) is 21.1. The number of carbonyl (C=O) groups is 2. The minimum atomic E-state index is -3.96. The highest BCUT2D eigenvalue weighted by molar-refractivity contribution is 7.89. The molecule has 10 heteroatoms. The number of esters is 1. The molecular formula is C18H21FN2O5S2. The highest BCUT2D eigenvalue weighted by Crippen LogP contribution is 2.33. The van der Waals surface area contributed by atoms with Gasteiger partial charge in [0, 0.05) is 11.9 Å². The van der Waals surface area contributed by atoms with Crippen LogP contribution in [0.1, 0.15) is 27.7 Å². The number of hydrogen-bond acceptors (Lipinski definition) is 6. The second kappa shape index (κ2) is 8.80. The number of likely N-dealkylation sites (N-methyl/N-ethyl adjacent to an activating group) is 1. The molecule has 0 saturated carbocycles. The molecule has 0 aliphatic heterocycles. The summed E-state index contributed by atoms with van der Waals surface area (Å²) in [7, 11) is -2.72. The molecule has 0 fully saturated rings. The maximum absolute atomic E-state index is 13.0. The van der Waals surface area contributed by atoms with Crippen molar-refractivity contribution in [2.24, 2.45) is 0 Å². The molecule has 0 unspecified atom stereocenters. The molecule has 1 aromatic heterocycles. The quantitative estimate of drug-likeness (QED) is 0.685. The Bertz CT molecular complexity index is 984. The van der Waals surface area contributed by atoms with Crippen molar-refractivity contribution in [3.63, 3.8) is 0 Å². The van der Waals surface area contributed by atoms with Crippen molar-refractivity contribution in [1.29, 1.82) is 0 Å². The van der Waals surface area contributed by atoms with Gasteiger partial charge in [-0.1, -0.05) is 0 Å². The van der Waals surface area contributed by atoms with E-state index < -0.39 is 34.3 Å². The third-order valence-corrected chi connectivity index (χ3v) is 6.95. The molecule has 0 bridgehead atoms. The van der Waals surface area contributed by atoms with Crippen molar-refractivity contribution >= 4 is 38.2 Å². The van der Waals surface area contributed by atoms with E-state index in [-0.39, 0.29) is 17.1 Å². The predicted octanol–water partition coefficient (Wildman–Crippen LogP) is 2.94. The number of carbonyl (C=O) groups excluding carboxylic acids is 2. The number of sulfonamides is 1. The fourth-order valence-corrected chi connectivity index (χ4v) is 4.60. The van der Waals surface area contributed by atoms with Gasteiger partial charge in [-0.25, -0.2) is 17.6 Å². The van der Waals surface area contributed by atoms with Crippen LogP contribution in [0.2, 0.25) is 0 Å². The summed E-state index contributed by atoms with van der Waals surface area (Å²) in [4.78, 5) is 25.3. The van der Waals surface area contributed by atoms with Crippen molar-refractivity contribution in [3.05, 3.63) is 46.1 Å². The molecule has 1 aromatic carbocycles. The summed E-state index contributed by atoms with van der Waals surface area (Å²) in [6.45, 7) is 4.96. The number of hydrogen-bond donors (Lipinski definition) is 1. The van der Waals surface area contributed by atoms with Crippen molar-refractivity contribution in [3.8, 4) is 0 Å².